The highest BCUT2D eigenvalue weighted by molar-refractivity contribution is 9.09. The van der Waals surface area contributed by atoms with Crippen molar-refractivity contribution in [2.75, 3.05) is 11.6 Å². The van der Waals surface area contributed by atoms with Gasteiger partial charge in [-0.2, -0.15) is 0 Å². The number of benzene rings is 1. The second-order valence-corrected chi connectivity index (χ2v) is 5.20. The SMILES string of the molecule is CSc1ccc(C(O)C(=O)O)cc1C(=O)CCBr. The molecule has 0 aliphatic rings. The maximum absolute atomic E-state index is 11.9. The van der Waals surface area contributed by atoms with Gasteiger partial charge in [-0.05, 0) is 24.0 Å². The lowest BCUT2D eigenvalue weighted by Gasteiger charge is -2.11. The maximum Gasteiger partial charge on any atom is 0.337 e. The molecule has 0 saturated heterocycles. The number of aliphatic carboxylic acids is 1. The molecule has 1 aromatic rings. The summed E-state index contributed by atoms with van der Waals surface area (Å²) < 4.78 is 0. The minimum absolute atomic E-state index is 0.0735. The summed E-state index contributed by atoms with van der Waals surface area (Å²) in [6, 6.07) is 4.64. The molecule has 0 fully saturated rings. The van der Waals surface area contributed by atoms with Gasteiger partial charge in [0.1, 0.15) is 0 Å². The van der Waals surface area contributed by atoms with Crippen molar-refractivity contribution in [3.05, 3.63) is 29.3 Å². The number of halogens is 1. The molecule has 1 atom stereocenters. The number of aliphatic hydroxyl groups is 1. The van der Waals surface area contributed by atoms with Crippen LogP contribution >= 0.6 is 27.7 Å². The molecule has 0 saturated carbocycles. The molecule has 1 aromatic carbocycles. The lowest BCUT2D eigenvalue weighted by molar-refractivity contribution is -0.146. The third kappa shape index (κ3) is 3.57. The normalized spacial score (nSPS) is 12.2. The fourth-order valence-electron chi connectivity index (χ4n) is 1.48. The number of rotatable bonds is 6. The van der Waals surface area contributed by atoms with Gasteiger partial charge in [-0.25, -0.2) is 4.79 Å². The van der Waals surface area contributed by atoms with E-state index in [0.717, 1.165) is 4.90 Å². The number of aliphatic hydroxyl groups excluding tert-OH is 1. The standard InChI is InChI=1S/C12H13BrO4S/c1-18-10-3-2-7(11(15)12(16)17)6-8(10)9(14)4-5-13/h2-3,6,11,15H,4-5H2,1H3,(H,16,17). The zero-order chi connectivity index (χ0) is 13.7. The summed E-state index contributed by atoms with van der Waals surface area (Å²) >= 11 is 4.61. The van der Waals surface area contributed by atoms with Gasteiger partial charge in [0.25, 0.3) is 0 Å². The van der Waals surface area contributed by atoms with Crippen LogP contribution in [0, 0.1) is 0 Å². The predicted molar refractivity (Wildman–Crippen MR) is 73.6 cm³/mol. The molecule has 0 aromatic heterocycles. The fourth-order valence-corrected chi connectivity index (χ4v) is 2.43. The first-order chi connectivity index (χ1) is 8.51. The Morgan fingerprint density at radius 2 is 2.11 bits per heavy atom. The lowest BCUT2D eigenvalue weighted by Crippen LogP contribution is -2.12. The van der Waals surface area contributed by atoms with Crippen LogP contribution in [0.2, 0.25) is 0 Å². The monoisotopic (exact) mass is 332 g/mol. The minimum Gasteiger partial charge on any atom is -0.479 e. The van der Waals surface area contributed by atoms with Gasteiger partial charge in [-0.3, -0.25) is 4.79 Å². The topological polar surface area (TPSA) is 74.6 Å². The molecule has 0 bridgehead atoms. The van der Waals surface area contributed by atoms with E-state index in [-0.39, 0.29) is 11.3 Å². The second-order valence-electron chi connectivity index (χ2n) is 3.56. The highest BCUT2D eigenvalue weighted by Gasteiger charge is 2.19. The number of Topliss-reactive ketones (excluding diaryl/α,β-unsaturated/α-hetero) is 1. The van der Waals surface area contributed by atoms with E-state index in [9.17, 15) is 14.7 Å². The maximum atomic E-state index is 11.9. The quantitative estimate of drug-likeness (QED) is 0.475. The molecule has 0 amide bonds. The van der Waals surface area contributed by atoms with E-state index in [1.807, 2.05) is 6.26 Å². The smallest absolute Gasteiger partial charge is 0.337 e. The molecule has 0 aliphatic carbocycles. The van der Waals surface area contributed by atoms with E-state index in [1.165, 1.54) is 23.9 Å². The summed E-state index contributed by atoms with van der Waals surface area (Å²) in [6.45, 7) is 0. The van der Waals surface area contributed by atoms with Crippen LogP contribution in [0.4, 0.5) is 0 Å². The highest BCUT2D eigenvalue weighted by atomic mass is 79.9. The van der Waals surface area contributed by atoms with Crippen molar-refractivity contribution in [2.24, 2.45) is 0 Å². The number of carboxylic acids is 1. The van der Waals surface area contributed by atoms with Crippen molar-refractivity contribution in [2.45, 2.75) is 17.4 Å². The van der Waals surface area contributed by atoms with Gasteiger partial charge in [0.2, 0.25) is 0 Å². The summed E-state index contributed by atoms with van der Waals surface area (Å²) in [4.78, 5) is 23.4. The van der Waals surface area contributed by atoms with Gasteiger partial charge in [0.15, 0.2) is 11.9 Å². The molecular weight excluding hydrogens is 320 g/mol. The number of ketones is 1. The Morgan fingerprint density at radius 1 is 1.44 bits per heavy atom. The molecule has 0 radical (unpaired) electrons. The van der Waals surface area contributed by atoms with Crippen molar-refractivity contribution in [3.63, 3.8) is 0 Å². The third-order valence-corrected chi connectivity index (χ3v) is 3.59. The van der Waals surface area contributed by atoms with Gasteiger partial charge in [-0.15, -0.1) is 11.8 Å². The average Bonchev–Trinajstić information content (AvgIpc) is 2.37. The van der Waals surface area contributed by atoms with Crippen molar-refractivity contribution < 1.29 is 19.8 Å². The Kier molecular flexibility index (Phi) is 5.84. The summed E-state index contributed by atoms with van der Waals surface area (Å²) in [7, 11) is 0. The van der Waals surface area contributed by atoms with Crippen molar-refractivity contribution in [1.29, 1.82) is 0 Å². The van der Waals surface area contributed by atoms with E-state index < -0.39 is 12.1 Å². The summed E-state index contributed by atoms with van der Waals surface area (Å²) in [5, 5.41) is 18.8. The van der Waals surface area contributed by atoms with E-state index in [0.29, 0.717) is 17.3 Å². The van der Waals surface area contributed by atoms with Crippen LogP contribution in [0.25, 0.3) is 0 Å². The lowest BCUT2D eigenvalue weighted by atomic mass is 10.0. The molecule has 0 spiro atoms. The van der Waals surface area contributed by atoms with Crippen molar-refractivity contribution in [3.8, 4) is 0 Å². The Labute approximate surface area is 118 Å². The van der Waals surface area contributed by atoms with Gasteiger partial charge >= 0.3 is 5.97 Å². The van der Waals surface area contributed by atoms with Crippen LogP contribution in [0.15, 0.2) is 23.1 Å². The van der Waals surface area contributed by atoms with Gasteiger partial charge in [0.05, 0.1) is 0 Å². The Bertz CT molecular complexity index is 461. The first-order valence-corrected chi connectivity index (χ1v) is 7.53. The second kappa shape index (κ2) is 6.92. The van der Waals surface area contributed by atoms with Crippen molar-refractivity contribution >= 4 is 39.4 Å². The van der Waals surface area contributed by atoms with Crippen LogP contribution in [-0.2, 0) is 4.79 Å². The third-order valence-electron chi connectivity index (χ3n) is 2.40. The number of carbonyl (C=O) groups is 2. The van der Waals surface area contributed by atoms with E-state index in [2.05, 4.69) is 15.9 Å². The Morgan fingerprint density at radius 3 is 2.61 bits per heavy atom. The molecule has 98 valence electrons. The Balaban J connectivity index is 3.17. The zero-order valence-electron chi connectivity index (χ0n) is 9.72. The molecule has 0 heterocycles. The van der Waals surface area contributed by atoms with E-state index in [1.54, 1.807) is 6.07 Å². The van der Waals surface area contributed by atoms with Crippen LogP contribution in [0.3, 0.4) is 0 Å². The number of thioether (sulfide) groups is 1. The van der Waals surface area contributed by atoms with Crippen molar-refractivity contribution in [1.82, 2.24) is 0 Å². The number of hydrogen-bond donors (Lipinski definition) is 2. The highest BCUT2D eigenvalue weighted by Crippen LogP contribution is 2.26. The molecule has 4 nitrogen and oxygen atoms in total. The fraction of sp³-hybridized carbons (Fsp3) is 0.333. The first kappa shape index (κ1) is 15.2. The number of carboxylic acid groups (broad SMARTS) is 1. The number of alkyl halides is 1. The molecule has 18 heavy (non-hydrogen) atoms. The summed E-state index contributed by atoms with van der Waals surface area (Å²) in [5.41, 5.74) is 0.679. The number of hydrogen-bond acceptors (Lipinski definition) is 4. The zero-order valence-corrected chi connectivity index (χ0v) is 12.1. The van der Waals surface area contributed by atoms with Crippen LogP contribution < -0.4 is 0 Å². The van der Waals surface area contributed by atoms with Gasteiger partial charge in [-0.1, -0.05) is 22.0 Å². The largest absolute Gasteiger partial charge is 0.479 e. The van der Waals surface area contributed by atoms with Crippen LogP contribution in [0.5, 0.6) is 0 Å². The predicted octanol–water partition coefficient (Wildman–Crippen LogP) is 2.49. The average molecular weight is 333 g/mol. The molecule has 1 unspecified atom stereocenters. The number of carbonyl (C=O) groups excluding carboxylic acids is 1. The first-order valence-electron chi connectivity index (χ1n) is 5.19. The van der Waals surface area contributed by atoms with E-state index in [4.69, 9.17) is 5.11 Å². The van der Waals surface area contributed by atoms with Crippen LogP contribution in [-0.4, -0.2) is 33.6 Å². The van der Waals surface area contributed by atoms with Gasteiger partial charge < -0.3 is 10.2 Å². The van der Waals surface area contributed by atoms with Crippen LogP contribution in [0.1, 0.15) is 28.4 Å². The Hall–Kier alpha value is -0.850. The van der Waals surface area contributed by atoms with E-state index >= 15 is 0 Å². The molecule has 2 N–H and O–H groups in total. The summed E-state index contributed by atoms with van der Waals surface area (Å²) in [5.74, 6) is -1.40. The summed E-state index contributed by atoms with van der Waals surface area (Å²) in [6.07, 6.45) is 0.574. The molecule has 0 aliphatic heterocycles. The molecule has 1 rings (SSSR count). The molecular formula is C12H13BrO4S. The molecule has 6 heteroatoms. The minimum atomic E-state index is -1.60. The van der Waals surface area contributed by atoms with Gasteiger partial charge in [0, 0.05) is 22.2 Å².